The molecule has 1 aromatic carbocycles. The van der Waals surface area contributed by atoms with Crippen molar-refractivity contribution in [2.75, 3.05) is 13.7 Å². The Morgan fingerprint density at radius 1 is 1.53 bits per heavy atom. The first-order valence-corrected chi connectivity index (χ1v) is 4.98. The molecule has 0 aromatic heterocycles. The molecule has 1 atom stereocenters. The Bertz CT molecular complexity index is 339. The minimum atomic E-state index is -1.08. The Hall–Kier alpha value is -0.640. The van der Waals surface area contributed by atoms with E-state index in [2.05, 4.69) is 0 Å². The highest BCUT2D eigenvalue weighted by atomic mass is 35.5. The number of halogens is 2. The van der Waals surface area contributed by atoms with Crippen molar-refractivity contribution in [1.29, 1.82) is 0 Å². The summed E-state index contributed by atoms with van der Waals surface area (Å²) in [6.07, 6.45) is 0.174. The average Bonchev–Trinajstić information content (AvgIpc) is 2.10. The lowest BCUT2D eigenvalue weighted by Gasteiger charge is -2.22. The van der Waals surface area contributed by atoms with Crippen LogP contribution in [0.2, 0.25) is 5.02 Å². The number of hydrogen-bond donors (Lipinski definition) is 1. The molecule has 1 rings (SSSR count). The van der Waals surface area contributed by atoms with Crippen LogP contribution in [-0.4, -0.2) is 24.4 Å². The van der Waals surface area contributed by atoms with E-state index in [-0.39, 0.29) is 18.8 Å². The van der Waals surface area contributed by atoms with Crippen molar-refractivity contribution in [1.82, 2.24) is 0 Å². The van der Waals surface area contributed by atoms with Crippen LogP contribution in [0.5, 0.6) is 0 Å². The van der Waals surface area contributed by atoms with Crippen LogP contribution in [0.1, 0.15) is 12.5 Å². The Morgan fingerprint density at radius 2 is 2.20 bits per heavy atom. The Morgan fingerprint density at radius 3 is 2.80 bits per heavy atom. The van der Waals surface area contributed by atoms with Crippen LogP contribution < -0.4 is 0 Å². The minimum absolute atomic E-state index is 0.152. The summed E-state index contributed by atoms with van der Waals surface area (Å²) in [7, 11) is 1.49. The van der Waals surface area contributed by atoms with Crippen molar-refractivity contribution in [2.45, 2.75) is 18.9 Å². The van der Waals surface area contributed by atoms with Crippen molar-refractivity contribution in [3.63, 3.8) is 0 Å². The maximum Gasteiger partial charge on any atom is 0.126 e. The standard InChI is InChI=1S/C11H14ClFO2/c1-11(14,7-15-2)6-8-5-9(12)3-4-10(8)13/h3-5,14H,6-7H2,1-2H3. The van der Waals surface area contributed by atoms with Gasteiger partial charge in [-0.1, -0.05) is 11.6 Å². The van der Waals surface area contributed by atoms with Gasteiger partial charge >= 0.3 is 0 Å². The predicted molar refractivity (Wildman–Crippen MR) is 57.6 cm³/mol. The van der Waals surface area contributed by atoms with E-state index in [4.69, 9.17) is 16.3 Å². The van der Waals surface area contributed by atoms with Crippen LogP contribution in [0.4, 0.5) is 4.39 Å². The molecule has 1 N–H and O–H groups in total. The maximum atomic E-state index is 13.3. The second-order valence-corrected chi connectivity index (χ2v) is 4.28. The summed E-state index contributed by atoms with van der Waals surface area (Å²) < 4.78 is 18.2. The van der Waals surface area contributed by atoms with Gasteiger partial charge in [-0.05, 0) is 30.7 Å². The van der Waals surface area contributed by atoms with Gasteiger partial charge in [0.15, 0.2) is 0 Å². The van der Waals surface area contributed by atoms with E-state index in [1.165, 1.54) is 25.3 Å². The summed E-state index contributed by atoms with van der Waals surface area (Å²) in [6.45, 7) is 1.75. The van der Waals surface area contributed by atoms with Gasteiger partial charge in [-0.2, -0.15) is 0 Å². The van der Waals surface area contributed by atoms with E-state index >= 15 is 0 Å². The summed E-state index contributed by atoms with van der Waals surface area (Å²) >= 11 is 5.74. The lowest BCUT2D eigenvalue weighted by molar-refractivity contribution is -0.0166. The third-order valence-electron chi connectivity index (χ3n) is 2.03. The topological polar surface area (TPSA) is 29.5 Å². The fraction of sp³-hybridized carbons (Fsp3) is 0.455. The van der Waals surface area contributed by atoms with Crippen LogP contribution >= 0.6 is 11.6 Å². The van der Waals surface area contributed by atoms with E-state index in [9.17, 15) is 9.50 Å². The molecule has 0 aliphatic rings. The monoisotopic (exact) mass is 232 g/mol. The molecular formula is C11H14ClFO2. The molecule has 2 nitrogen and oxygen atoms in total. The first-order chi connectivity index (χ1) is 6.94. The number of ether oxygens (including phenoxy) is 1. The summed E-state index contributed by atoms with van der Waals surface area (Å²) in [5.74, 6) is -0.365. The third-order valence-corrected chi connectivity index (χ3v) is 2.27. The van der Waals surface area contributed by atoms with Gasteiger partial charge in [0.1, 0.15) is 5.82 Å². The maximum absolute atomic E-state index is 13.3. The molecule has 0 saturated carbocycles. The van der Waals surface area contributed by atoms with Gasteiger partial charge in [-0.25, -0.2) is 4.39 Å². The zero-order valence-corrected chi connectivity index (χ0v) is 9.51. The van der Waals surface area contributed by atoms with Crippen LogP contribution in [0.25, 0.3) is 0 Å². The molecule has 0 radical (unpaired) electrons. The predicted octanol–water partition coefficient (Wildman–Crippen LogP) is 2.42. The molecular weight excluding hydrogens is 219 g/mol. The number of aliphatic hydroxyl groups is 1. The molecule has 0 aliphatic carbocycles. The largest absolute Gasteiger partial charge is 0.387 e. The number of methoxy groups -OCH3 is 1. The number of rotatable bonds is 4. The van der Waals surface area contributed by atoms with E-state index in [1.807, 2.05) is 0 Å². The second kappa shape index (κ2) is 4.92. The van der Waals surface area contributed by atoms with Gasteiger partial charge < -0.3 is 9.84 Å². The molecule has 0 saturated heterocycles. The first-order valence-electron chi connectivity index (χ1n) is 4.60. The smallest absolute Gasteiger partial charge is 0.126 e. The molecule has 4 heteroatoms. The second-order valence-electron chi connectivity index (χ2n) is 3.84. The van der Waals surface area contributed by atoms with Crippen LogP contribution in [0.3, 0.4) is 0 Å². The molecule has 1 unspecified atom stereocenters. The summed E-state index contributed by atoms with van der Waals surface area (Å²) in [5, 5.41) is 10.3. The molecule has 15 heavy (non-hydrogen) atoms. The number of benzene rings is 1. The van der Waals surface area contributed by atoms with Crippen LogP contribution in [-0.2, 0) is 11.2 Å². The van der Waals surface area contributed by atoms with Crippen molar-refractivity contribution < 1.29 is 14.2 Å². The van der Waals surface area contributed by atoms with Gasteiger partial charge in [-0.15, -0.1) is 0 Å². The highest BCUT2D eigenvalue weighted by molar-refractivity contribution is 6.30. The normalized spacial score (nSPS) is 15.0. The van der Waals surface area contributed by atoms with Gasteiger partial charge in [0, 0.05) is 18.6 Å². The fourth-order valence-corrected chi connectivity index (χ4v) is 1.65. The van der Waals surface area contributed by atoms with E-state index in [1.54, 1.807) is 6.92 Å². The Kier molecular flexibility index (Phi) is 4.08. The van der Waals surface area contributed by atoms with Crippen LogP contribution in [0, 0.1) is 5.82 Å². The number of hydrogen-bond acceptors (Lipinski definition) is 2. The third kappa shape index (κ3) is 3.78. The molecule has 84 valence electrons. The Labute approximate surface area is 93.6 Å². The SMILES string of the molecule is COCC(C)(O)Cc1cc(Cl)ccc1F. The summed E-state index contributed by atoms with van der Waals surface area (Å²) in [4.78, 5) is 0. The fourth-order valence-electron chi connectivity index (χ4n) is 1.45. The molecule has 0 aliphatic heterocycles. The van der Waals surface area contributed by atoms with E-state index < -0.39 is 5.60 Å². The van der Waals surface area contributed by atoms with Gasteiger partial charge in [-0.3, -0.25) is 0 Å². The molecule has 1 aromatic rings. The zero-order valence-electron chi connectivity index (χ0n) is 8.76. The van der Waals surface area contributed by atoms with Gasteiger partial charge in [0.05, 0.1) is 12.2 Å². The summed E-state index contributed by atoms with van der Waals surface area (Å²) in [5.41, 5.74) is -0.690. The highest BCUT2D eigenvalue weighted by Crippen LogP contribution is 2.20. The Balaban J connectivity index is 2.83. The van der Waals surface area contributed by atoms with Gasteiger partial charge in [0.25, 0.3) is 0 Å². The van der Waals surface area contributed by atoms with Crippen LogP contribution in [0.15, 0.2) is 18.2 Å². The molecule has 0 heterocycles. The zero-order chi connectivity index (χ0) is 11.5. The van der Waals surface area contributed by atoms with Crippen molar-refractivity contribution in [2.24, 2.45) is 0 Å². The van der Waals surface area contributed by atoms with Crippen molar-refractivity contribution >= 4 is 11.6 Å². The lowest BCUT2D eigenvalue weighted by atomic mass is 9.97. The molecule has 0 spiro atoms. The first kappa shape index (κ1) is 12.4. The summed E-state index contributed by atoms with van der Waals surface area (Å²) in [6, 6.07) is 4.28. The average molecular weight is 233 g/mol. The highest BCUT2D eigenvalue weighted by Gasteiger charge is 2.22. The molecule has 0 bridgehead atoms. The lowest BCUT2D eigenvalue weighted by Crippen LogP contribution is -2.33. The van der Waals surface area contributed by atoms with E-state index in [0.29, 0.717) is 10.6 Å². The minimum Gasteiger partial charge on any atom is -0.387 e. The molecule has 0 amide bonds. The van der Waals surface area contributed by atoms with Crippen molar-refractivity contribution in [3.8, 4) is 0 Å². The molecule has 0 fully saturated rings. The van der Waals surface area contributed by atoms with Crippen molar-refractivity contribution in [3.05, 3.63) is 34.6 Å². The van der Waals surface area contributed by atoms with E-state index in [0.717, 1.165) is 0 Å². The van der Waals surface area contributed by atoms with Gasteiger partial charge in [0.2, 0.25) is 0 Å². The quantitative estimate of drug-likeness (QED) is 0.864.